The quantitative estimate of drug-likeness (QED) is 0.784. The van der Waals surface area contributed by atoms with Crippen LogP contribution in [0.2, 0.25) is 0 Å². The number of ether oxygens (including phenoxy) is 2. The van der Waals surface area contributed by atoms with Crippen LogP contribution < -0.4 is 0 Å². The summed E-state index contributed by atoms with van der Waals surface area (Å²) < 4.78 is 12.6. The van der Waals surface area contributed by atoms with E-state index in [9.17, 15) is 5.11 Å². The number of aliphatic hydroxyl groups excluding tert-OH is 1. The number of aliphatic hydroxyl groups is 1. The number of hydrogen-bond donors (Lipinski definition) is 1. The Labute approximate surface area is 141 Å². The molecule has 2 aliphatic carbocycles. The molecule has 3 rings (SSSR count). The summed E-state index contributed by atoms with van der Waals surface area (Å²) in [6.45, 7) is 11.2. The fourth-order valence-corrected chi connectivity index (χ4v) is 5.51. The Hall–Kier alpha value is -0.380. The van der Waals surface area contributed by atoms with E-state index in [0.29, 0.717) is 19.1 Å². The summed E-state index contributed by atoms with van der Waals surface area (Å²) in [5, 5.41) is 9.35. The van der Waals surface area contributed by atoms with Crippen LogP contribution in [0, 0.1) is 22.7 Å². The third kappa shape index (κ3) is 2.69. The van der Waals surface area contributed by atoms with Gasteiger partial charge in [-0.3, -0.25) is 0 Å². The molecule has 1 N–H and O–H groups in total. The molecule has 23 heavy (non-hydrogen) atoms. The van der Waals surface area contributed by atoms with Crippen LogP contribution in [0.1, 0.15) is 66.2 Å². The molecule has 1 spiro atoms. The zero-order valence-corrected chi connectivity index (χ0v) is 15.4. The van der Waals surface area contributed by atoms with Gasteiger partial charge in [-0.25, -0.2) is 0 Å². The van der Waals surface area contributed by atoms with Gasteiger partial charge < -0.3 is 14.6 Å². The van der Waals surface area contributed by atoms with E-state index in [0.717, 1.165) is 31.6 Å². The normalized spacial score (nSPS) is 39.6. The SMILES string of the molecule is CC(C)[C@H]1CC=C2CC3(OCCO3)[C@@](C)(CCCO)CC[C@@]21C. The Balaban J connectivity index is 1.94. The van der Waals surface area contributed by atoms with Gasteiger partial charge in [-0.1, -0.05) is 39.3 Å². The average Bonchev–Trinajstić information content (AvgIpc) is 3.09. The molecule has 3 aliphatic rings. The summed E-state index contributed by atoms with van der Waals surface area (Å²) in [5.41, 5.74) is 1.83. The maximum atomic E-state index is 9.35. The number of fused-ring (bicyclic) bond motifs is 1. The number of allylic oxidation sites excluding steroid dienone is 1. The van der Waals surface area contributed by atoms with Crippen LogP contribution in [0.25, 0.3) is 0 Å². The summed E-state index contributed by atoms with van der Waals surface area (Å²) in [5.74, 6) is 0.963. The third-order valence-electron chi connectivity index (χ3n) is 7.15. The first-order chi connectivity index (χ1) is 10.9. The molecule has 0 unspecified atom stereocenters. The second-order valence-electron chi connectivity index (χ2n) is 8.75. The lowest BCUT2D eigenvalue weighted by atomic mass is 9.67. The molecule has 132 valence electrons. The van der Waals surface area contributed by atoms with Crippen molar-refractivity contribution in [3.8, 4) is 0 Å². The van der Waals surface area contributed by atoms with E-state index in [-0.39, 0.29) is 17.4 Å². The molecule has 2 fully saturated rings. The monoisotopic (exact) mass is 322 g/mol. The predicted molar refractivity (Wildman–Crippen MR) is 92.0 cm³/mol. The number of hydrogen-bond acceptors (Lipinski definition) is 3. The Morgan fingerprint density at radius 1 is 1.22 bits per heavy atom. The van der Waals surface area contributed by atoms with Gasteiger partial charge in [0, 0.05) is 18.4 Å². The molecule has 3 nitrogen and oxygen atoms in total. The molecule has 3 atom stereocenters. The zero-order valence-electron chi connectivity index (χ0n) is 15.4. The molecule has 1 saturated carbocycles. The van der Waals surface area contributed by atoms with E-state index in [1.165, 1.54) is 12.8 Å². The zero-order chi connectivity index (χ0) is 16.7. The summed E-state index contributed by atoms with van der Waals surface area (Å²) in [6.07, 6.45) is 8.71. The number of rotatable bonds is 4. The van der Waals surface area contributed by atoms with Crippen LogP contribution in [0.4, 0.5) is 0 Å². The van der Waals surface area contributed by atoms with Gasteiger partial charge in [-0.15, -0.1) is 0 Å². The van der Waals surface area contributed by atoms with Gasteiger partial charge in [-0.2, -0.15) is 0 Å². The minimum atomic E-state index is -0.475. The largest absolute Gasteiger partial charge is 0.396 e. The van der Waals surface area contributed by atoms with Crippen LogP contribution in [0.5, 0.6) is 0 Å². The molecule has 1 saturated heterocycles. The van der Waals surface area contributed by atoms with Crippen molar-refractivity contribution in [1.82, 2.24) is 0 Å². The second-order valence-corrected chi connectivity index (χ2v) is 8.75. The summed E-state index contributed by atoms with van der Waals surface area (Å²) in [4.78, 5) is 0. The molecule has 1 heterocycles. The van der Waals surface area contributed by atoms with Crippen molar-refractivity contribution in [1.29, 1.82) is 0 Å². The lowest BCUT2D eigenvalue weighted by molar-refractivity contribution is -0.234. The molecule has 1 aliphatic heterocycles. The summed E-state index contributed by atoms with van der Waals surface area (Å²) >= 11 is 0. The molecular weight excluding hydrogens is 288 g/mol. The van der Waals surface area contributed by atoms with Crippen LogP contribution >= 0.6 is 0 Å². The summed E-state index contributed by atoms with van der Waals surface area (Å²) in [6, 6.07) is 0. The smallest absolute Gasteiger partial charge is 0.177 e. The van der Waals surface area contributed by atoms with Crippen molar-refractivity contribution < 1.29 is 14.6 Å². The average molecular weight is 322 g/mol. The van der Waals surface area contributed by atoms with Crippen LogP contribution in [0.15, 0.2) is 11.6 Å². The van der Waals surface area contributed by atoms with E-state index < -0.39 is 5.79 Å². The van der Waals surface area contributed by atoms with Gasteiger partial charge in [0.1, 0.15) is 0 Å². The third-order valence-corrected chi connectivity index (χ3v) is 7.15. The Bertz CT molecular complexity index is 464. The van der Waals surface area contributed by atoms with Gasteiger partial charge in [0.05, 0.1) is 13.2 Å². The first-order valence-electron chi connectivity index (χ1n) is 9.45. The maximum Gasteiger partial charge on any atom is 0.177 e. The molecule has 0 aromatic carbocycles. The molecule has 0 aromatic heterocycles. The fraction of sp³-hybridized carbons (Fsp3) is 0.900. The van der Waals surface area contributed by atoms with E-state index in [1.54, 1.807) is 5.57 Å². The molecular formula is C20H34O3. The molecule has 0 aromatic rings. The Morgan fingerprint density at radius 3 is 2.52 bits per heavy atom. The topological polar surface area (TPSA) is 38.7 Å². The molecule has 0 bridgehead atoms. The highest BCUT2D eigenvalue weighted by molar-refractivity contribution is 5.27. The molecule has 0 radical (unpaired) electrons. The van der Waals surface area contributed by atoms with Crippen molar-refractivity contribution in [2.75, 3.05) is 19.8 Å². The first kappa shape index (κ1) is 17.4. The Morgan fingerprint density at radius 2 is 1.91 bits per heavy atom. The summed E-state index contributed by atoms with van der Waals surface area (Å²) in [7, 11) is 0. The highest BCUT2D eigenvalue weighted by atomic mass is 16.7. The van der Waals surface area contributed by atoms with Crippen molar-refractivity contribution in [3.63, 3.8) is 0 Å². The molecule has 3 heteroatoms. The fourth-order valence-electron chi connectivity index (χ4n) is 5.51. The lowest BCUT2D eigenvalue weighted by Crippen LogP contribution is -2.47. The minimum Gasteiger partial charge on any atom is -0.396 e. The standard InChI is InChI=1S/C20H34O3/c1-15(2)17-7-6-16-14-20(22-12-13-23-20)18(3,8-5-11-21)9-10-19(16,17)4/h6,15,17,21H,5,7-14H2,1-4H3/t17-,18+,19+/m1/s1. The van der Waals surface area contributed by atoms with E-state index >= 15 is 0 Å². The minimum absolute atomic E-state index is 0.0120. The molecule has 0 amide bonds. The predicted octanol–water partition coefficient (Wildman–Crippen LogP) is 4.30. The van der Waals surface area contributed by atoms with Crippen LogP contribution in [-0.4, -0.2) is 30.7 Å². The van der Waals surface area contributed by atoms with Gasteiger partial charge >= 0.3 is 0 Å². The first-order valence-corrected chi connectivity index (χ1v) is 9.45. The van der Waals surface area contributed by atoms with Crippen molar-refractivity contribution in [2.45, 2.75) is 72.0 Å². The van der Waals surface area contributed by atoms with E-state index in [2.05, 4.69) is 33.8 Å². The van der Waals surface area contributed by atoms with Crippen molar-refractivity contribution in [2.24, 2.45) is 22.7 Å². The van der Waals surface area contributed by atoms with E-state index in [4.69, 9.17) is 9.47 Å². The maximum absolute atomic E-state index is 9.35. The van der Waals surface area contributed by atoms with Crippen molar-refractivity contribution >= 4 is 0 Å². The van der Waals surface area contributed by atoms with Crippen molar-refractivity contribution in [3.05, 3.63) is 11.6 Å². The Kier molecular flexibility index (Phi) is 4.67. The van der Waals surface area contributed by atoms with Crippen LogP contribution in [-0.2, 0) is 9.47 Å². The van der Waals surface area contributed by atoms with Gasteiger partial charge in [-0.05, 0) is 49.4 Å². The highest BCUT2D eigenvalue weighted by Gasteiger charge is 2.58. The lowest BCUT2D eigenvalue weighted by Gasteiger charge is -2.44. The highest BCUT2D eigenvalue weighted by Crippen LogP contribution is 2.61. The van der Waals surface area contributed by atoms with Crippen LogP contribution in [0.3, 0.4) is 0 Å². The second kappa shape index (κ2) is 6.16. The van der Waals surface area contributed by atoms with Gasteiger partial charge in [0.15, 0.2) is 5.79 Å². The van der Waals surface area contributed by atoms with Gasteiger partial charge in [0.2, 0.25) is 0 Å². The van der Waals surface area contributed by atoms with E-state index in [1.807, 2.05) is 0 Å². The van der Waals surface area contributed by atoms with Gasteiger partial charge in [0.25, 0.3) is 0 Å².